The third-order valence-electron chi connectivity index (χ3n) is 4.03. The molecule has 0 radical (unpaired) electrons. The number of carbonyl (C=O) groups is 2. The number of halogens is 2. The van der Waals surface area contributed by atoms with E-state index in [1.165, 1.54) is 17.8 Å². The summed E-state index contributed by atoms with van der Waals surface area (Å²) in [5, 5.41) is -0.0441. The van der Waals surface area contributed by atoms with Crippen LogP contribution in [0.4, 0.5) is 10.3 Å². The molecule has 1 saturated heterocycles. The number of aromatic nitrogens is 4. The van der Waals surface area contributed by atoms with E-state index in [1.54, 1.807) is 0 Å². The van der Waals surface area contributed by atoms with Gasteiger partial charge in [-0.1, -0.05) is 17.5 Å². The summed E-state index contributed by atoms with van der Waals surface area (Å²) in [5.74, 6) is 0.396. The quantitative estimate of drug-likeness (QED) is 0.440. The molecule has 2 aromatic heterocycles. The van der Waals surface area contributed by atoms with Crippen LogP contribution in [-0.4, -0.2) is 55.9 Å². The summed E-state index contributed by atoms with van der Waals surface area (Å²) in [6.45, 7) is 1.87. The second-order valence-electron chi connectivity index (χ2n) is 5.97. The van der Waals surface area contributed by atoms with Crippen molar-refractivity contribution >= 4 is 40.7 Å². The Morgan fingerprint density at radius 3 is 2.79 bits per heavy atom. The Labute approximate surface area is 163 Å². The van der Waals surface area contributed by atoms with Crippen LogP contribution in [-0.2, 0) is 23.8 Å². The summed E-state index contributed by atoms with van der Waals surface area (Å²) in [6, 6.07) is 0. The van der Waals surface area contributed by atoms with Gasteiger partial charge < -0.3 is 19.9 Å². The summed E-state index contributed by atoms with van der Waals surface area (Å²) in [4.78, 5) is 34.4. The van der Waals surface area contributed by atoms with E-state index in [0.29, 0.717) is 0 Å². The molecular formula is C16H15ClFN5O5. The molecule has 0 aromatic carbocycles. The van der Waals surface area contributed by atoms with Crippen molar-refractivity contribution in [3.63, 3.8) is 0 Å². The fraction of sp³-hybridized carbons (Fsp3) is 0.438. The van der Waals surface area contributed by atoms with Crippen LogP contribution in [0.3, 0.4) is 0 Å². The molecule has 1 aliphatic rings. The van der Waals surface area contributed by atoms with Crippen LogP contribution in [0.5, 0.6) is 0 Å². The van der Waals surface area contributed by atoms with Crippen molar-refractivity contribution < 1.29 is 28.2 Å². The fourth-order valence-corrected chi connectivity index (χ4v) is 3.12. The lowest BCUT2D eigenvalue weighted by atomic mass is 9.96. The summed E-state index contributed by atoms with van der Waals surface area (Å²) in [7, 11) is 0. The number of hydrogen-bond acceptors (Lipinski definition) is 9. The molecule has 0 bridgehead atoms. The number of alkyl halides is 1. The molecule has 2 aromatic rings. The number of esters is 2. The molecule has 3 heterocycles. The molecule has 0 amide bonds. The first-order valence-corrected chi connectivity index (χ1v) is 8.33. The second-order valence-corrected chi connectivity index (χ2v) is 6.33. The van der Waals surface area contributed by atoms with Gasteiger partial charge in [0.1, 0.15) is 18.2 Å². The summed E-state index contributed by atoms with van der Waals surface area (Å²) >= 11 is 5.99. The van der Waals surface area contributed by atoms with E-state index in [9.17, 15) is 9.59 Å². The molecule has 3 rings (SSSR count). The Bertz CT molecular complexity index is 992. The fourth-order valence-electron chi connectivity index (χ4n) is 2.90. The van der Waals surface area contributed by atoms with Crippen LogP contribution in [0.25, 0.3) is 11.2 Å². The molecule has 1 fully saturated rings. The average Bonchev–Trinajstić information content (AvgIpc) is 3.13. The Hall–Kier alpha value is -2.97. The van der Waals surface area contributed by atoms with Gasteiger partial charge in [-0.2, -0.15) is 9.97 Å². The molecule has 12 heteroatoms. The predicted octanol–water partition coefficient (Wildman–Crippen LogP) is 0.796. The minimum atomic E-state index is -2.63. The molecule has 0 saturated carbocycles. The van der Waals surface area contributed by atoms with E-state index in [1.807, 2.05) is 5.92 Å². The second kappa shape index (κ2) is 7.21. The van der Waals surface area contributed by atoms with Crippen molar-refractivity contribution in [2.45, 2.75) is 38.0 Å². The molecule has 0 aliphatic carbocycles. The van der Waals surface area contributed by atoms with Crippen LogP contribution < -0.4 is 5.73 Å². The van der Waals surface area contributed by atoms with Gasteiger partial charge in [0.25, 0.3) is 5.67 Å². The largest absolute Gasteiger partial charge is 0.463 e. The predicted molar refractivity (Wildman–Crippen MR) is 93.5 cm³/mol. The number of ether oxygens (including phenoxy) is 3. The van der Waals surface area contributed by atoms with Crippen LogP contribution >= 0.6 is 11.6 Å². The van der Waals surface area contributed by atoms with Gasteiger partial charge >= 0.3 is 11.9 Å². The first-order chi connectivity index (χ1) is 13.2. The molecule has 1 aliphatic heterocycles. The minimum absolute atomic E-state index is 0.0441. The number of nitrogens with zero attached hydrogens (tertiary/aromatic N) is 4. The third-order valence-corrected chi connectivity index (χ3v) is 4.29. The summed E-state index contributed by atoms with van der Waals surface area (Å²) in [5.41, 5.74) is 3.18. The Balaban J connectivity index is 2.08. The Morgan fingerprint density at radius 1 is 1.46 bits per heavy atom. The standard InChI is InChI=1S/C16H15ClFN5O5/c1-4-16(18)11(27-8(3)25)9(5-26-7(2)24)28-14(16)23-6-20-10-12(17)21-15(19)22-13(10)23/h1,6,9,11,14H,5H2,2-3H3,(H2,19,21,22). The van der Waals surface area contributed by atoms with E-state index in [2.05, 4.69) is 15.0 Å². The highest BCUT2D eigenvalue weighted by Crippen LogP contribution is 2.44. The first-order valence-electron chi connectivity index (χ1n) is 7.95. The SMILES string of the molecule is C#CC1(F)C(OC(C)=O)C(COC(C)=O)OC1n1cnc2c(Cl)nc(N)nc21. The average molecular weight is 412 g/mol. The maximum atomic E-state index is 15.9. The van der Waals surface area contributed by atoms with Crippen LogP contribution in [0.2, 0.25) is 5.15 Å². The summed E-state index contributed by atoms with van der Waals surface area (Å²) < 4.78 is 32.6. The number of imidazole rings is 1. The molecular weight excluding hydrogens is 397 g/mol. The van der Waals surface area contributed by atoms with E-state index in [0.717, 1.165) is 6.92 Å². The maximum absolute atomic E-state index is 15.9. The van der Waals surface area contributed by atoms with Gasteiger partial charge in [-0.05, 0) is 0 Å². The van der Waals surface area contributed by atoms with Gasteiger partial charge in [0.2, 0.25) is 5.95 Å². The summed E-state index contributed by atoms with van der Waals surface area (Å²) in [6.07, 6.45) is 2.39. The number of nitrogen functional groups attached to an aromatic ring is 1. The van der Waals surface area contributed by atoms with Crippen LogP contribution in [0.15, 0.2) is 6.33 Å². The van der Waals surface area contributed by atoms with Gasteiger partial charge in [-0.15, -0.1) is 6.42 Å². The van der Waals surface area contributed by atoms with Gasteiger partial charge in [0.15, 0.2) is 23.1 Å². The van der Waals surface area contributed by atoms with Gasteiger partial charge in [-0.25, -0.2) is 9.37 Å². The van der Waals surface area contributed by atoms with Gasteiger partial charge in [0, 0.05) is 13.8 Å². The monoisotopic (exact) mass is 411 g/mol. The zero-order valence-electron chi connectivity index (χ0n) is 14.8. The molecule has 2 N–H and O–H groups in total. The molecule has 0 spiro atoms. The molecule has 10 nitrogen and oxygen atoms in total. The van der Waals surface area contributed by atoms with Crippen LogP contribution in [0, 0.1) is 12.3 Å². The zero-order valence-corrected chi connectivity index (χ0v) is 15.5. The zero-order chi connectivity index (χ0) is 20.6. The third kappa shape index (κ3) is 3.32. The lowest BCUT2D eigenvalue weighted by Crippen LogP contribution is -2.45. The highest BCUT2D eigenvalue weighted by atomic mass is 35.5. The smallest absolute Gasteiger partial charge is 0.303 e. The normalized spacial score (nSPS) is 26.8. The van der Waals surface area contributed by atoms with Crippen molar-refractivity contribution in [1.29, 1.82) is 0 Å². The number of rotatable bonds is 4. The van der Waals surface area contributed by atoms with Crippen molar-refractivity contribution in [3.8, 4) is 12.3 Å². The van der Waals surface area contributed by atoms with Gasteiger partial charge in [0.05, 0.1) is 6.33 Å². The number of carbonyl (C=O) groups excluding carboxylic acids is 2. The van der Waals surface area contributed by atoms with Crippen molar-refractivity contribution in [3.05, 3.63) is 11.5 Å². The number of terminal acetylenes is 1. The topological polar surface area (TPSA) is 131 Å². The maximum Gasteiger partial charge on any atom is 0.303 e. The number of anilines is 1. The van der Waals surface area contributed by atoms with E-state index < -0.39 is 36.0 Å². The lowest BCUT2D eigenvalue weighted by molar-refractivity contribution is -0.157. The van der Waals surface area contributed by atoms with Crippen molar-refractivity contribution in [1.82, 2.24) is 19.5 Å². The first kappa shape index (κ1) is 19.8. The van der Waals surface area contributed by atoms with E-state index >= 15 is 4.39 Å². The van der Waals surface area contributed by atoms with E-state index in [-0.39, 0.29) is 28.9 Å². The molecule has 4 unspecified atom stereocenters. The van der Waals surface area contributed by atoms with Crippen LogP contribution in [0.1, 0.15) is 20.1 Å². The highest BCUT2D eigenvalue weighted by molar-refractivity contribution is 6.33. The molecule has 4 atom stereocenters. The molecule has 28 heavy (non-hydrogen) atoms. The number of hydrogen-bond donors (Lipinski definition) is 1. The highest BCUT2D eigenvalue weighted by Gasteiger charge is 2.60. The Kier molecular flexibility index (Phi) is 5.10. The van der Waals surface area contributed by atoms with Crippen molar-refractivity contribution in [2.24, 2.45) is 0 Å². The molecule has 148 valence electrons. The number of nitrogens with two attached hydrogens (primary N) is 1. The van der Waals surface area contributed by atoms with Crippen molar-refractivity contribution in [2.75, 3.05) is 12.3 Å². The number of fused-ring (bicyclic) bond motifs is 1. The lowest BCUT2D eigenvalue weighted by Gasteiger charge is -2.26. The van der Waals surface area contributed by atoms with E-state index in [4.69, 9.17) is 38.0 Å². The van der Waals surface area contributed by atoms with Gasteiger partial charge in [-0.3, -0.25) is 14.2 Å². The minimum Gasteiger partial charge on any atom is -0.463 e. The Morgan fingerprint density at radius 2 is 2.18 bits per heavy atom.